The van der Waals surface area contributed by atoms with Crippen molar-refractivity contribution in [3.05, 3.63) is 41.5 Å². The lowest BCUT2D eigenvalue weighted by Gasteiger charge is -2.08. The van der Waals surface area contributed by atoms with Gasteiger partial charge in [-0.2, -0.15) is 0 Å². The van der Waals surface area contributed by atoms with Crippen LogP contribution in [0.3, 0.4) is 0 Å². The van der Waals surface area contributed by atoms with Gasteiger partial charge in [-0.1, -0.05) is 37.3 Å². The summed E-state index contributed by atoms with van der Waals surface area (Å²) in [6, 6.07) is 8.65. The van der Waals surface area contributed by atoms with E-state index in [0.717, 1.165) is 6.42 Å². The van der Waals surface area contributed by atoms with Gasteiger partial charge in [0.2, 0.25) is 0 Å². The first-order valence-electron chi connectivity index (χ1n) is 5.56. The number of hydrogen-bond donors (Lipinski definition) is 0. The fourth-order valence-electron chi connectivity index (χ4n) is 2.51. The molecule has 0 spiro atoms. The second-order valence-electron chi connectivity index (χ2n) is 3.86. The molecule has 1 heteroatoms. The molecule has 2 rings (SSSR count). The lowest BCUT2D eigenvalue weighted by molar-refractivity contribution is 0.857. The van der Waals surface area contributed by atoms with Crippen LogP contribution in [0.15, 0.2) is 35.3 Å². The Hall–Kier alpha value is -1.37. The molecule has 1 unspecified atom stereocenters. The highest BCUT2D eigenvalue weighted by atomic mass is 14.7. The van der Waals surface area contributed by atoms with Crippen molar-refractivity contribution in [1.82, 2.24) is 0 Å². The highest BCUT2D eigenvalue weighted by molar-refractivity contribution is 6.30. The van der Waals surface area contributed by atoms with Crippen molar-refractivity contribution in [2.24, 2.45) is 4.99 Å². The summed E-state index contributed by atoms with van der Waals surface area (Å²) in [6.07, 6.45) is 3.30. The normalized spacial score (nSPS) is 24.9. The zero-order valence-corrected chi connectivity index (χ0v) is 9.62. The van der Waals surface area contributed by atoms with E-state index in [1.54, 1.807) is 0 Å². The van der Waals surface area contributed by atoms with Gasteiger partial charge in [-0.25, -0.2) is 0 Å². The predicted molar refractivity (Wildman–Crippen MR) is 66.5 cm³/mol. The van der Waals surface area contributed by atoms with Crippen LogP contribution in [0.2, 0.25) is 0 Å². The van der Waals surface area contributed by atoms with Crippen LogP contribution < -0.4 is 0 Å². The molecule has 0 saturated carbocycles. The van der Waals surface area contributed by atoms with E-state index >= 15 is 0 Å². The quantitative estimate of drug-likeness (QED) is 0.654. The van der Waals surface area contributed by atoms with Crippen LogP contribution in [0.25, 0.3) is 5.57 Å². The molecular weight excluding hydrogens is 182 g/mol. The van der Waals surface area contributed by atoms with Crippen LogP contribution in [-0.2, 0) is 0 Å². The largest absolute Gasteiger partial charge is 0.292 e. The van der Waals surface area contributed by atoms with Gasteiger partial charge in [-0.3, -0.25) is 4.99 Å². The Morgan fingerprint density at radius 1 is 1.33 bits per heavy atom. The molecule has 1 nitrogen and oxygen atoms in total. The average Bonchev–Trinajstić information content (AvgIpc) is 2.61. The van der Waals surface area contributed by atoms with Gasteiger partial charge in [0.1, 0.15) is 0 Å². The van der Waals surface area contributed by atoms with Crippen molar-refractivity contribution in [2.75, 3.05) is 7.05 Å². The third-order valence-corrected chi connectivity index (χ3v) is 3.17. The minimum atomic E-state index is 0.498. The minimum Gasteiger partial charge on any atom is -0.292 e. The monoisotopic (exact) mass is 199 g/mol. The molecule has 0 bridgehead atoms. The predicted octanol–water partition coefficient (Wildman–Crippen LogP) is 3.67. The third-order valence-electron chi connectivity index (χ3n) is 3.17. The lowest BCUT2D eigenvalue weighted by atomic mass is 9.97. The fraction of sp³-hybridized carbons (Fsp3) is 0.357. The average molecular weight is 199 g/mol. The van der Waals surface area contributed by atoms with Crippen molar-refractivity contribution in [3.8, 4) is 0 Å². The zero-order valence-electron chi connectivity index (χ0n) is 9.62. The summed E-state index contributed by atoms with van der Waals surface area (Å²) in [5.74, 6) is 0.498. The van der Waals surface area contributed by atoms with E-state index in [9.17, 15) is 0 Å². The first kappa shape index (κ1) is 10.2. The van der Waals surface area contributed by atoms with Gasteiger partial charge < -0.3 is 0 Å². The summed E-state index contributed by atoms with van der Waals surface area (Å²) < 4.78 is 0. The number of fused-ring (bicyclic) bond motifs is 1. The van der Waals surface area contributed by atoms with E-state index < -0.39 is 0 Å². The molecule has 1 atom stereocenters. The molecular formula is C14H17N. The molecule has 1 aromatic carbocycles. The van der Waals surface area contributed by atoms with Crippen LogP contribution in [0.4, 0.5) is 0 Å². The molecule has 1 aromatic rings. The van der Waals surface area contributed by atoms with Gasteiger partial charge in [-0.15, -0.1) is 0 Å². The van der Waals surface area contributed by atoms with Gasteiger partial charge >= 0.3 is 0 Å². The Kier molecular flexibility index (Phi) is 2.72. The van der Waals surface area contributed by atoms with Gasteiger partial charge in [0, 0.05) is 18.7 Å². The lowest BCUT2D eigenvalue weighted by Crippen LogP contribution is -2.04. The Bertz CT molecular complexity index is 427. The fourth-order valence-corrected chi connectivity index (χ4v) is 2.51. The second kappa shape index (κ2) is 4.01. The molecule has 0 amide bonds. The Morgan fingerprint density at radius 3 is 2.67 bits per heavy atom. The molecule has 0 saturated heterocycles. The van der Waals surface area contributed by atoms with Gasteiger partial charge in [0.25, 0.3) is 0 Å². The first-order chi connectivity index (χ1) is 7.33. The smallest absolute Gasteiger partial charge is 0.0494 e. The maximum absolute atomic E-state index is 4.46. The third kappa shape index (κ3) is 1.43. The van der Waals surface area contributed by atoms with E-state index in [1.165, 1.54) is 22.4 Å². The SMILES string of the molecule is CC=C1C(=NC)C(CC)c2ccccc21. The highest BCUT2D eigenvalue weighted by Gasteiger charge is 2.30. The van der Waals surface area contributed by atoms with Crippen LogP contribution in [0.1, 0.15) is 37.3 Å². The van der Waals surface area contributed by atoms with Crippen LogP contribution in [0.5, 0.6) is 0 Å². The summed E-state index contributed by atoms with van der Waals surface area (Å²) >= 11 is 0. The molecule has 1 aliphatic rings. The first-order valence-corrected chi connectivity index (χ1v) is 5.56. The molecule has 1 aliphatic carbocycles. The summed E-state index contributed by atoms with van der Waals surface area (Å²) in [4.78, 5) is 4.46. The van der Waals surface area contributed by atoms with Crippen molar-refractivity contribution < 1.29 is 0 Å². The zero-order chi connectivity index (χ0) is 10.8. The number of aliphatic imine (C=N–C) groups is 1. The van der Waals surface area contributed by atoms with Crippen molar-refractivity contribution in [2.45, 2.75) is 26.2 Å². The van der Waals surface area contributed by atoms with Crippen LogP contribution in [-0.4, -0.2) is 12.8 Å². The maximum Gasteiger partial charge on any atom is 0.0494 e. The number of allylic oxidation sites excluding steroid dienone is 2. The standard InChI is InChI=1S/C14H17N/c1-4-10-12-8-6-7-9-13(12)11(5-2)14(10)15-3/h4,6-9,11H,5H2,1-3H3. The molecule has 0 aliphatic heterocycles. The molecule has 0 radical (unpaired) electrons. The minimum absolute atomic E-state index is 0.498. The topological polar surface area (TPSA) is 12.4 Å². The summed E-state index contributed by atoms with van der Waals surface area (Å²) in [5.41, 5.74) is 5.38. The Labute approximate surface area is 91.6 Å². The van der Waals surface area contributed by atoms with Crippen molar-refractivity contribution >= 4 is 11.3 Å². The number of nitrogens with zero attached hydrogens (tertiary/aromatic N) is 1. The summed E-state index contributed by atoms with van der Waals surface area (Å²) in [5, 5.41) is 0. The highest BCUT2D eigenvalue weighted by Crippen LogP contribution is 2.40. The maximum atomic E-state index is 4.46. The number of rotatable bonds is 1. The van der Waals surface area contributed by atoms with E-state index in [-0.39, 0.29) is 0 Å². The van der Waals surface area contributed by atoms with Crippen molar-refractivity contribution in [3.63, 3.8) is 0 Å². The van der Waals surface area contributed by atoms with Gasteiger partial charge in [-0.05, 0) is 30.0 Å². The Morgan fingerprint density at radius 2 is 2.07 bits per heavy atom. The van der Waals surface area contributed by atoms with E-state index in [2.05, 4.69) is 49.2 Å². The van der Waals surface area contributed by atoms with E-state index in [4.69, 9.17) is 0 Å². The summed E-state index contributed by atoms with van der Waals surface area (Å²) in [6.45, 7) is 4.32. The molecule has 15 heavy (non-hydrogen) atoms. The molecule has 0 N–H and O–H groups in total. The summed E-state index contributed by atoms with van der Waals surface area (Å²) in [7, 11) is 1.90. The van der Waals surface area contributed by atoms with E-state index in [0.29, 0.717) is 5.92 Å². The van der Waals surface area contributed by atoms with Crippen molar-refractivity contribution in [1.29, 1.82) is 0 Å². The van der Waals surface area contributed by atoms with Gasteiger partial charge in [0.15, 0.2) is 0 Å². The Balaban J connectivity index is 2.64. The second-order valence-corrected chi connectivity index (χ2v) is 3.86. The van der Waals surface area contributed by atoms with Crippen LogP contribution in [0, 0.1) is 0 Å². The molecule has 78 valence electrons. The molecule has 0 heterocycles. The number of benzene rings is 1. The molecule has 0 aromatic heterocycles. The molecule has 0 fully saturated rings. The number of hydrogen-bond acceptors (Lipinski definition) is 1. The van der Waals surface area contributed by atoms with Crippen LogP contribution >= 0.6 is 0 Å². The van der Waals surface area contributed by atoms with E-state index in [1.807, 2.05) is 7.05 Å². The van der Waals surface area contributed by atoms with Gasteiger partial charge in [0.05, 0.1) is 0 Å².